The van der Waals surface area contributed by atoms with Gasteiger partial charge in [-0.3, -0.25) is 9.59 Å². The second kappa shape index (κ2) is 11.6. The molecule has 4 aromatic carbocycles. The van der Waals surface area contributed by atoms with Crippen molar-refractivity contribution in [1.82, 2.24) is 0 Å². The molecule has 0 radical (unpaired) electrons. The zero-order chi connectivity index (χ0) is 25.1. The van der Waals surface area contributed by atoms with Gasteiger partial charge in [0.25, 0.3) is 11.8 Å². The Labute approximate surface area is 239 Å². The monoisotopic (exact) mass is 701 g/mol. The Hall–Kier alpha value is -3.71. The van der Waals surface area contributed by atoms with Crippen LogP contribution in [-0.2, 0) is 55.9 Å². The molecule has 2 N–H and O–H groups in total. The molecule has 0 saturated heterocycles. The van der Waals surface area contributed by atoms with E-state index in [1.54, 1.807) is 12.1 Å². The van der Waals surface area contributed by atoms with E-state index in [2.05, 4.69) is 20.6 Å². The molecule has 0 aliphatic carbocycles. The Bertz CT molecular complexity index is 1450. The molecule has 2 aliphatic heterocycles. The van der Waals surface area contributed by atoms with Crippen LogP contribution in [0.3, 0.4) is 0 Å². The second-order valence-corrected chi connectivity index (χ2v) is 8.74. The van der Waals surface area contributed by atoms with Gasteiger partial charge in [0.15, 0.2) is 0 Å². The summed E-state index contributed by atoms with van der Waals surface area (Å²) in [6, 6.07) is 29.6. The maximum absolute atomic E-state index is 11.9. The Kier molecular flexibility index (Phi) is 8.23. The molecule has 0 spiro atoms. The molecule has 0 bridgehead atoms. The van der Waals surface area contributed by atoms with Gasteiger partial charge in [-0.25, -0.2) is 9.98 Å². The molecule has 2 aliphatic rings. The minimum atomic E-state index is -0.186. The van der Waals surface area contributed by atoms with Crippen molar-refractivity contribution in [3.63, 3.8) is 0 Å². The maximum Gasteiger partial charge on any atom is 2.00 e. The fourth-order valence-electron chi connectivity index (χ4n) is 3.77. The Morgan fingerprint density at radius 2 is 0.865 bits per heavy atom. The van der Waals surface area contributed by atoms with Crippen molar-refractivity contribution in [2.45, 2.75) is 9.79 Å². The van der Waals surface area contributed by atoms with Crippen LogP contribution in [0.15, 0.2) is 117 Å². The first kappa shape index (κ1) is 26.4. The standard InChI is InChI=1S/2C14H10N2OS.Pt/c2*17-14-13(9-5-1-2-6-10(9)16-14)15-11-7-3-4-8-12(11)18;/h2*1-8,18H,(H,15,16,17);/q;;+2/p-2. The number of aliphatic imine (C=N–C) groups is 2. The van der Waals surface area contributed by atoms with E-state index in [-0.39, 0.29) is 32.9 Å². The van der Waals surface area contributed by atoms with Gasteiger partial charge in [0.1, 0.15) is 11.4 Å². The fraction of sp³-hybridized carbons (Fsp3) is 0. The van der Waals surface area contributed by atoms with Crippen LogP contribution in [0, 0.1) is 0 Å². The predicted molar refractivity (Wildman–Crippen MR) is 147 cm³/mol. The third-order valence-corrected chi connectivity index (χ3v) is 6.18. The number of nitrogens with one attached hydrogen (secondary N) is 2. The number of amides is 2. The number of hydrogen-bond donors (Lipinski definition) is 2. The Morgan fingerprint density at radius 1 is 0.514 bits per heavy atom. The van der Waals surface area contributed by atoms with Crippen LogP contribution in [0.5, 0.6) is 0 Å². The molecule has 0 unspecified atom stereocenters. The zero-order valence-electron chi connectivity index (χ0n) is 19.1. The van der Waals surface area contributed by atoms with E-state index in [4.69, 9.17) is 25.3 Å². The molecule has 9 heteroatoms. The van der Waals surface area contributed by atoms with E-state index in [9.17, 15) is 9.59 Å². The van der Waals surface area contributed by atoms with Crippen LogP contribution < -0.4 is 10.6 Å². The normalized spacial score (nSPS) is 15.1. The van der Waals surface area contributed by atoms with E-state index in [1.807, 2.05) is 84.9 Å². The molecule has 6 nitrogen and oxygen atoms in total. The van der Waals surface area contributed by atoms with Gasteiger partial charge < -0.3 is 35.9 Å². The van der Waals surface area contributed by atoms with E-state index >= 15 is 0 Å². The summed E-state index contributed by atoms with van der Waals surface area (Å²) in [4.78, 5) is 33.8. The van der Waals surface area contributed by atoms with Gasteiger partial charge in [0, 0.05) is 22.5 Å². The first-order chi connectivity index (χ1) is 17.5. The molecule has 4 aromatic rings. The Balaban J connectivity index is 0.000000168. The molecule has 0 saturated carbocycles. The molecule has 0 aromatic heterocycles. The number of anilines is 2. The van der Waals surface area contributed by atoms with Gasteiger partial charge >= 0.3 is 21.1 Å². The zero-order valence-corrected chi connectivity index (χ0v) is 23.0. The molecule has 0 fully saturated rings. The third-order valence-electron chi connectivity index (χ3n) is 5.49. The van der Waals surface area contributed by atoms with Crippen LogP contribution in [0.1, 0.15) is 11.1 Å². The minimum Gasteiger partial charge on any atom is -0.778 e. The summed E-state index contributed by atoms with van der Waals surface area (Å²) in [6.07, 6.45) is 0. The average molecular weight is 702 g/mol. The summed E-state index contributed by atoms with van der Waals surface area (Å²) < 4.78 is 0. The molecule has 2 heterocycles. The molecule has 0 atom stereocenters. The summed E-state index contributed by atoms with van der Waals surface area (Å²) in [7, 11) is 0. The summed E-state index contributed by atoms with van der Waals surface area (Å²) in [5, 5.41) is 5.57. The molecule has 184 valence electrons. The molecule has 2 amide bonds. The van der Waals surface area contributed by atoms with Crippen molar-refractivity contribution in [2.24, 2.45) is 9.98 Å². The first-order valence-electron chi connectivity index (χ1n) is 11.0. The largest absolute Gasteiger partial charge is 2.00 e. The van der Waals surface area contributed by atoms with Gasteiger partial charge in [-0.1, -0.05) is 72.8 Å². The van der Waals surface area contributed by atoms with Crippen molar-refractivity contribution in [1.29, 1.82) is 0 Å². The van der Waals surface area contributed by atoms with Gasteiger partial charge in [-0.05, 0) is 24.3 Å². The van der Waals surface area contributed by atoms with E-state index in [0.29, 0.717) is 32.6 Å². The van der Waals surface area contributed by atoms with Crippen LogP contribution in [0.4, 0.5) is 22.7 Å². The Morgan fingerprint density at radius 3 is 1.27 bits per heavy atom. The van der Waals surface area contributed by atoms with Gasteiger partial charge in [-0.2, -0.15) is 0 Å². The summed E-state index contributed by atoms with van der Waals surface area (Å²) in [5.74, 6) is -0.371. The van der Waals surface area contributed by atoms with Crippen molar-refractivity contribution in [2.75, 3.05) is 10.6 Å². The van der Waals surface area contributed by atoms with E-state index in [0.717, 1.165) is 22.5 Å². The number of hydrogen-bond acceptors (Lipinski definition) is 6. The van der Waals surface area contributed by atoms with Crippen molar-refractivity contribution in [3.8, 4) is 0 Å². The van der Waals surface area contributed by atoms with Gasteiger partial charge in [-0.15, -0.1) is 9.79 Å². The number of rotatable bonds is 2. The molecule has 37 heavy (non-hydrogen) atoms. The molecule has 6 rings (SSSR count). The smallest absolute Gasteiger partial charge is 0.778 e. The molecular formula is C28H18N4O2PtS2. The van der Waals surface area contributed by atoms with Gasteiger partial charge in [0.2, 0.25) is 0 Å². The number of nitrogens with zero attached hydrogens (tertiary/aromatic N) is 2. The van der Waals surface area contributed by atoms with Crippen LogP contribution in [0.25, 0.3) is 0 Å². The van der Waals surface area contributed by atoms with E-state index in [1.165, 1.54) is 0 Å². The predicted octanol–water partition coefficient (Wildman–Crippen LogP) is 5.33. The first-order valence-corrected chi connectivity index (χ1v) is 11.8. The average Bonchev–Trinajstić information content (AvgIpc) is 3.37. The number of para-hydroxylation sites is 4. The van der Waals surface area contributed by atoms with Crippen molar-refractivity contribution in [3.05, 3.63) is 108 Å². The van der Waals surface area contributed by atoms with Crippen LogP contribution in [0.2, 0.25) is 0 Å². The summed E-state index contributed by atoms with van der Waals surface area (Å²) >= 11 is 10.4. The van der Waals surface area contributed by atoms with Gasteiger partial charge in [0.05, 0.1) is 11.4 Å². The number of carbonyl (C=O) groups excluding carboxylic acids is 2. The van der Waals surface area contributed by atoms with Crippen molar-refractivity contribution < 1.29 is 30.7 Å². The maximum atomic E-state index is 11.9. The quantitative estimate of drug-likeness (QED) is 0.277. The van der Waals surface area contributed by atoms with E-state index < -0.39 is 0 Å². The summed E-state index contributed by atoms with van der Waals surface area (Å²) in [6.45, 7) is 0. The minimum absolute atomic E-state index is 0. The number of benzene rings is 4. The number of carbonyl (C=O) groups is 2. The number of fused-ring (bicyclic) bond motifs is 2. The van der Waals surface area contributed by atoms with Crippen LogP contribution >= 0.6 is 0 Å². The second-order valence-electron chi connectivity index (χ2n) is 7.86. The summed E-state index contributed by atoms with van der Waals surface area (Å²) in [5.41, 5.74) is 5.36. The molecular weight excluding hydrogens is 684 g/mol. The third kappa shape index (κ3) is 5.67. The van der Waals surface area contributed by atoms with Crippen LogP contribution in [-0.4, -0.2) is 23.2 Å². The van der Waals surface area contributed by atoms with Crippen molar-refractivity contribution >= 4 is 71.2 Å². The SMILES string of the molecule is O=C1Nc2ccccc2C1=Nc1ccccc1[S-].O=C1Nc2ccccc2C1=Nc1ccccc1[S-].[Pt+2]. The fourth-order valence-corrected chi connectivity index (χ4v) is 4.15. The topological polar surface area (TPSA) is 82.9 Å².